The van der Waals surface area contributed by atoms with Crippen LogP contribution in [0.25, 0.3) is 0 Å². The molecule has 1 nitrogen and oxygen atoms in total. The highest BCUT2D eigenvalue weighted by molar-refractivity contribution is 7.99. The van der Waals surface area contributed by atoms with Crippen molar-refractivity contribution in [1.82, 2.24) is 5.32 Å². The number of hydrogen-bond donors (Lipinski definition) is 1. The summed E-state index contributed by atoms with van der Waals surface area (Å²) in [6.45, 7) is 8.83. The molecule has 0 heterocycles. The van der Waals surface area contributed by atoms with Gasteiger partial charge >= 0.3 is 0 Å². The Morgan fingerprint density at radius 3 is 2.69 bits per heavy atom. The summed E-state index contributed by atoms with van der Waals surface area (Å²) in [7, 11) is 0. The van der Waals surface area contributed by atoms with Crippen LogP contribution in [0.3, 0.4) is 0 Å². The zero-order valence-electron chi connectivity index (χ0n) is 10.6. The predicted octanol–water partition coefficient (Wildman–Crippen LogP) is 3.93. The van der Waals surface area contributed by atoms with Crippen molar-refractivity contribution < 1.29 is 0 Å². The van der Waals surface area contributed by atoms with Gasteiger partial charge in [0.25, 0.3) is 0 Å². The fourth-order valence-electron chi connectivity index (χ4n) is 1.45. The van der Waals surface area contributed by atoms with Crippen LogP contribution < -0.4 is 5.32 Å². The molecule has 1 N–H and O–H groups in total. The van der Waals surface area contributed by atoms with Gasteiger partial charge in [-0.2, -0.15) is 0 Å². The summed E-state index contributed by atoms with van der Waals surface area (Å²) < 4.78 is 0. The molecule has 0 aliphatic heterocycles. The quantitative estimate of drug-likeness (QED) is 0.569. The number of rotatable bonds is 7. The van der Waals surface area contributed by atoms with Crippen LogP contribution in [0.2, 0.25) is 0 Å². The van der Waals surface area contributed by atoms with E-state index in [1.807, 2.05) is 11.8 Å². The first-order valence-electron chi connectivity index (χ1n) is 6.15. The van der Waals surface area contributed by atoms with Crippen LogP contribution in [0.15, 0.2) is 29.2 Å². The Kier molecular flexibility index (Phi) is 6.58. The van der Waals surface area contributed by atoms with Crippen molar-refractivity contribution in [3.63, 3.8) is 0 Å². The maximum atomic E-state index is 3.47. The molecule has 0 bridgehead atoms. The predicted molar refractivity (Wildman–Crippen MR) is 74.0 cm³/mol. The number of nitrogens with one attached hydrogen (secondary N) is 1. The highest BCUT2D eigenvalue weighted by Crippen LogP contribution is 2.24. The van der Waals surface area contributed by atoms with Crippen LogP contribution in [0.5, 0.6) is 0 Å². The summed E-state index contributed by atoms with van der Waals surface area (Å²) in [5.41, 5.74) is 1.43. The Bertz CT molecular complexity index is 297. The van der Waals surface area contributed by atoms with Gasteiger partial charge in [-0.3, -0.25) is 0 Å². The maximum absolute atomic E-state index is 3.47. The molecule has 0 aliphatic carbocycles. The fourth-order valence-corrected chi connectivity index (χ4v) is 2.46. The van der Waals surface area contributed by atoms with E-state index < -0.39 is 0 Å². The molecule has 0 aromatic heterocycles. The molecule has 16 heavy (non-hydrogen) atoms. The molecule has 0 aliphatic rings. The Labute approximate surface area is 104 Å². The third kappa shape index (κ3) is 5.04. The molecular formula is C14H23NS. The van der Waals surface area contributed by atoms with Crippen LogP contribution in [-0.4, -0.2) is 12.3 Å². The van der Waals surface area contributed by atoms with Gasteiger partial charge in [-0.1, -0.05) is 39.0 Å². The second-order valence-electron chi connectivity index (χ2n) is 4.49. The van der Waals surface area contributed by atoms with Crippen LogP contribution >= 0.6 is 11.8 Å². The van der Waals surface area contributed by atoms with E-state index in [4.69, 9.17) is 0 Å². The molecule has 0 saturated heterocycles. The summed E-state index contributed by atoms with van der Waals surface area (Å²) >= 11 is 1.97. The van der Waals surface area contributed by atoms with Crippen LogP contribution in [-0.2, 0) is 6.54 Å². The lowest BCUT2D eigenvalue weighted by atomic mass is 10.2. The number of benzene rings is 1. The zero-order chi connectivity index (χ0) is 11.8. The smallest absolute Gasteiger partial charge is 0.0216 e. The lowest BCUT2D eigenvalue weighted by Gasteiger charge is -2.11. The van der Waals surface area contributed by atoms with Crippen LogP contribution in [0.4, 0.5) is 0 Å². The highest BCUT2D eigenvalue weighted by Gasteiger charge is 2.03. The molecule has 0 spiro atoms. The van der Waals surface area contributed by atoms with Gasteiger partial charge in [-0.05, 0) is 30.5 Å². The van der Waals surface area contributed by atoms with Gasteiger partial charge in [-0.15, -0.1) is 11.8 Å². The van der Waals surface area contributed by atoms with Crippen molar-refractivity contribution in [2.75, 3.05) is 12.3 Å². The SMILES string of the molecule is CCCNCc1ccccc1SCC(C)C. The average Bonchev–Trinajstić information content (AvgIpc) is 2.28. The summed E-state index contributed by atoms with van der Waals surface area (Å²) in [6, 6.07) is 8.72. The Morgan fingerprint density at radius 1 is 1.25 bits per heavy atom. The van der Waals surface area contributed by atoms with Crippen LogP contribution in [0, 0.1) is 5.92 Å². The second-order valence-corrected chi connectivity index (χ2v) is 5.55. The minimum atomic E-state index is 0.752. The molecule has 90 valence electrons. The van der Waals surface area contributed by atoms with E-state index in [0.717, 1.165) is 19.0 Å². The molecule has 1 aromatic rings. The summed E-state index contributed by atoms with van der Waals surface area (Å²) in [5.74, 6) is 1.95. The highest BCUT2D eigenvalue weighted by atomic mass is 32.2. The maximum Gasteiger partial charge on any atom is 0.0216 e. The first-order chi connectivity index (χ1) is 7.74. The third-order valence-corrected chi connectivity index (χ3v) is 3.83. The molecule has 0 radical (unpaired) electrons. The molecule has 2 heteroatoms. The minimum absolute atomic E-state index is 0.752. The van der Waals surface area contributed by atoms with E-state index in [-0.39, 0.29) is 0 Å². The van der Waals surface area contributed by atoms with E-state index >= 15 is 0 Å². The van der Waals surface area contributed by atoms with E-state index in [2.05, 4.69) is 50.4 Å². The minimum Gasteiger partial charge on any atom is -0.313 e. The van der Waals surface area contributed by atoms with Gasteiger partial charge < -0.3 is 5.32 Å². The Balaban J connectivity index is 2.53. The molecule has 0 fully saturated rings. The molecule has 0 amide bonds. The van der Waals surface area contributed by atoms with E-state index in [1.165, 1.54) is 22.6 Å². The second kappa shape index (κ2) is 7.75. The summed E-state index contributed by atoms with van der Waals surface area (Å²) in [6.07, 6.45) is 1.20. The monoisotopic (exact) mass is 237 g/mol. The first-order valence-corrected chi connectivity index (χ1v) is 7.14. The van der Waals surface area contributed by atoms with Gasteiger partial charge in [0.1, 0.15) is 0 Å². The normalized spacial score (nSPS) is 11.0. The van der Waals surface area contributed by atoms with Gasteiger partial charge in [-0.25, -0.2) is 0 Å². The van der Waals surface area contributed by atoms with Gasteiger partial charge in [0.15, 0.2) is 0 Å². The molecular weight excluding hydrogens is 214 g/mol. The largest absolute Gasteiger partial charge is 0.313 e. The Morgan fingerprint density at radius 2 is 2.00 bits per heavy atom. The third-order valence-electron chi connectivity index (χ3n) is 2.29. The van der Waals surface area contributed by atoms with Crippen molar-refractivity contribution in [3.05, 3.63) is 29.8 Å². The first kappa shape index (κ1) is 13.6. The fraction of sp³-hybridized carbons (Fsp3) is 0.571. The lowest BCUT2D eigenvalue weighted by Crippen LogP contribution is -2.14. The summed E-state index contributed by atoms with van der Waals surface area (Å²) in [4.78, 5) is 1.43. The molecule has 0 saturated carbocycles. The van der Waals surface area contributed by atoms with Crippen molar-refractivity contribution in [1.29, 1.82) is 0 Å². The lowest BCUT2D eigenvalue weighted by molar-refractivity contribution is 0.669. The number of thioether (sulfide) groups is 1. The van der Waals surface area contributed by atoms with E-state index in [9.17, 15) is 0 Å². The Hall–Kier alpha value is -0.470. The topological polar surface area (TPSA) is 12.0 Å². The van der Waals surface area contributed by atoms with E-state index in [1.54, 1.807) is 0 Å². The molecule has 0 atom stereocenters. The average molecular weight is 237 g/mol. The molecule has 0 unspecified atom stereocenters. The molecule has 1 rings (SSSR count). The van der Waals surface area contributed by atoms with Crippen molar-refractivity contribution in [2.24, 2.45) is 5.92 Å². The number of hydrogen-bond acceptors (Lipinski definition) is 2. The van der Waals surface area contributed by atoms with Crippen molar-refractivity contribution in [3.8, 4) is 0 Å². The van der Waals surface area contributed by atoms with Crippen molar-refractivity contribution >= 4 is 11.8 Å². The van der Waals surface area contributed by atoms with Crippen molar-refractivity contribution in [2.45, 2.75) is 38.6 Å². The van der Waals surface area contributed by atoms with E-state index in [0.29, 0.717) is 0 Å². The standard InChI is InChI=1S/C14H23NS/c1-4-9-15-10-13-7-5-6-8-14(13)16-11-12(2)3/h5-8,12,15H,4,9-11H2,1-3H3. The van der Waals surface area contributed by atoms with Crippen LogP contribution in [0.1, 0.15) is 32.8 Å². The zero-order valence-corrected chi connectivity index (χ0v) is 11.4. The van der Waals surface area contributed by atoms with Gasteiger partial charge in [0.2, 0.25) is 0 Å². The van der Waals surface area contributed by atoms with Gasteiger partial charge in [0.05, 0.1) is 0 Å². The molecule has 1 aromatic carbocycles. The summed E-state index contributed by atoms with van der Waals surface area (Å²) in [5, 5.41) is 3.47. The van der Waals surface area contributed by atoms with Gasteiger partial charge in [0, 0.05) is 17.2 Å².